The monoisotopic (exact) mass is 607 g/mol. The number of nitrogens with zero attached hydrogens (tertiary/aromatic N) is 2. The molecule has 4 heterocycles. The van der Waals surface area contributed by atoms with Crippen molar-refractivity contribution >= 4 is 58.2 Å². The number of thiocarbonyl (C=S) groups is 1. The van der Waals surface area contributed by atoms with Gasteiger partial charge in [-0.2, -0.15) is 5.10 Å². The van der Waals surface area contributed by atoms with Crippen molar-refractivity contribution in [2.45, 2.75) is 17.5 Å². The van der Waals surface area contributed by atoms with Gasteiger partial charge in [-0.1, -0.05) is 24.4 Å². The molecular formula is C26H21N7O7S2. The van der Waals surface area contributed by atoms with Gasteiger partial charge in [-0.15, -0.1) is 11.8 Å². The number of aromatic amines is 2. The fourth-order valence-corrected chi connectivity index (χ4v) is 6.22. The van der Waals surface area contributed by atoms with Crippen molar-refractivity contribution in [1.82, 2.24) is 30.7 Å². The van der Waals surface area contributed by atoms with Crippen LogP contribution in [0.5, 0.6) is 0 Å². The van der Waals surface area contributed by atoms with E-state index >= 15 is 0 Å². The third-order valence-electron chi connectivity index (χ3n) is 6.50. The summed E-state index contributed by atoms with van der Waals surface area (Å²) >= 11 is 6.59. The van der Waals surface area contributed by atoms with E-state index in [0.29, 0.717) is 11.3 Å². The molecule has 3 aromatic rings. The minimum absolute atomic E-state index is 0.0511. The average Bonchev–Trinajstić information content (AvgIpc) is 2.97. The molecule has 2 aliphatic heterocycles. The molecule has 0 saturated carbocycles. The number of aliphatic carboxylic acids is 1. The van der Waals surface area contributed by atoms with Crippen molar-refractivity contribution in [1.29, 1.82) is 0 Å². The highest BCUT2D eigenvalue weighted by Crippen LogP contribution is 2.41. The van der Waals surface area contributed by atoms with Gasteiger partial charge < -0.3 is 26.5 Å². The van der Waals surface area contributed by atoms with Crippen LogP contribution in [0.2, 0.25) is 0 Å². The van der Waals surface area contributed by atoms with Gasteiger partial charge in [-0.25, -0.2) is 9.89 Å². The number of benzene rings is 1. The fourth-order valence-electron chi connectivity index (χ4n) is 4.50. The lowest BCUT2D eigenvalue weighted by Crippen LogP contribution is -2.71. The molecule has 0 spiro atoms. The molecule has 0 bridgehead atoms. The maximum absolute atomic E-state index is 13.5. The van der Waals surface area contributed by atoms with Crippen LogP contribution in [0.25, 0.3) is 0 Å². The van der Waals surface area contributed by atoms with Crippen LogP contribution >= 0.6 is 24.0 Å². The maximum atomic E-state index is 13.5. The number of carboxylic acid groups (broad SMARTS) is 1. The molecule has 3 amide bonds. The first kappa shape index (κ1) is 28.4. The lowest BCUT2D eigenvalue weighted by atomic mass is 9.99. The Morgan fingerprint density at radius 3 is 2.62 bits per heavy atom. The number of pyridine rings is 1. The maximum Gasteiger partial charge on any atom is 0.353 e. The number of carbonyl (C=O) groups is 4. The second-order valence-electron chi connectivity index (χ2n) is 9.16. The normalized spacial score (nSPS) is 18.4. The second kappa shape index (κ2) is 11.4. The molecule has 0 aliphatic carbocycles. The zero-order chi connectivity index (χ0) is 30.1. The molecule has 16 heteroatoms. The van der Waals surface area contributed by atoms with Crippen molar-refractivity contribution < 1.29 is 24.3 Å². The Balaban J connectivity index is 1.39. The molecule has 2 unspecified atom stereocenters. The number of nitrogens with two attached hydrogens (primary N) is 1. The summed E-state index contributed by atoms with van der Waals surface area (Å²) < 4.78 is 0. The zero-order valence-electron chi connectivity index (χ0n) is 21.3. The summed E-state index contributed by atoms with van der Waals surface area (Å²) in [6.45, 7) is 0. The van der Waals surface area contributed by atoms with Crippen LogP contribution in [-0.4, -0.2) is 70.9 Å². The zero-order valence-corrected chi connectivity index (χ0v) is 23.0. The smallest absolute Gasteiger partial charge is 0.353 e. The lowest BCUT2D eigenvalue weighted by molar-refractivity contribution is -0.150. The third-order valence-corrected chi connectivity index (χ3v) is 8.24. The SMILES string of the molecule is Nc1cccc(C(NC(=O)c2c[nH]ccc2=O)C(=O)NC2C(=O)N3C(C(=O)O)=C(C(=S)c4ccc(=O)[nH]n4)CS[C@@H]23)c1. The number of nitrogen functional groups attached to an aromatic ring is 1. The number of β-lactam (4-membered cyclic amide) rings is 1. The number of aromatic nitrogens is 3. The summed E-state index contributed by atoms with van der Waals surface area (Å²) in [6.07, 6.45) is 2.55. The standard InChI is InChI=1S/C26H21N7O7S2/c27-12-3-1-2-11(8-12)18(29-22(36)13-9-28-7-6-16(13)34)23(37)30-19-24(38)33-20(26(39)40)14(10-42-25(19)33)21(41)15-4-5-17(35)32-31-15/h1-9,18-19,25H,10,27H2,(H,28,34)(H,29,36)(H,30,37)(H,32,35)(H,39,40)/t18?,19?,25-/m0/s1. The molecule has 3 atom stereocenters. The fraction of sp³-hybridized carbons (Fsp3) is 0.154. The molecule has 214 valence electrons. The van der Waals surface area contributed by atoms with Crippen LogP contribution in [0.1, 0.15) is 27.7 Å². The number of carboxylic acids is 1. The van der Waals surface area contributed by atoms with Gasteiger partial charge in [0, 0.05) is 41.5 Å². The minimum Gasteiger partial charge on any atom is -0.477 e. The first-order valence-electron chi connectivity index (χ1n) is 12.2. The van der Waals surface area contributed by atoms with E-state index in [1.165, 1.54) is 42.4 Å². The van der Waals surface area contributed by atoms with Crippen LogP contribution in [0.4, 0.5) is 5.69 Å². The number of hydrogen-bond donors (Lipinski definition) is 6. The predicted molar refractivity (Wildman–Crippen MR) is 154 cm³/mol. The van der Waals surface area contributed by atoms with Gasteiger partial charge in [0.05, 0.1) is 4.86 Å². The van der Waals surface area contributed by atoms with Crippen LogP contribution < -0.4 is 27.4 Å². The topological polar surface area (TPSA) is 220 Å². The van der Waals surface area contributed by atoms with Crippen molar-refractivity contribution in [2.24, 2.45) is 0 Å². The molecule has 1 fully saturated rings. The van der Waals surface area contributed by atoms with E-state index in [4.69, 9.17) is 18.0 Å². The van der Waals surface area contributed by atoms with E-state index in [2.05, 4.69) is 25.8 Å². The summed E-state index contributed by atoms with van der Waals surface area (Å²) in [4.78, 5) is 79.2. The average molecular weight is 608 g/mol. The molecule has 7 N–H and O–H groups in total. The van der Waals surface area contributed by atoms with Crippen molar-refractivity contribution in [2.75, 3.05) is 11.5 Å². The minimum atomic E-state index is -1.40. The number of hydrogen-bond acceptors (Lipinski definition) is 10. The Morgan fingerprint density at radius 1 is 1.17 bits per heavy atom. The van der Waals surface area contributed by atoms with Gasteiger partial charge in [0.1, 0.15) is 34.4 Å². The van der Waals surface area contributed by atoms with Gasteiger partial charge in [-0.05, 0) is 23.8 Å². The first-order valence-corrected chi connectivity index (χ1v) is 13.7. The summed E-state index contributed by atoms with van der Waals surface area (Å²) in [5, 5.41) is 20.4. The quantitative estimate of drug-likeness (QED) is 0.0842. The number of carbonyl (C=O) groups excluding carboxylic acids is 3. The number of fused-ring (bicyclic) bond motifs is 1. The van der Waals surface area contributed by atoms with Crippen LogP contribution in [0.3, 0.4) is 0 Å². The Bertz CT molecular complexity index is 1780. The number of nitrogens with one attached hydrogen (secondary N) is 4. The molecule has 42 heavy (non-hydrogen) atoms. The Morgan fingerprint density at radius 2 is 1.95 bits per heavy atom. The summed E-state index contributed by atoms with van der Waals surface area (Å²) in [5.74, 6) is -3.64. The van der Waals surface area contributed by atoms with E-state index in [0.717, 1.165) is 11.0 Å². The van der Waals surface area contributed by atoms with Gasteiger partial charge in [0.2, 0.25) is 5.91 Å². The number of thioether (sulfide) groups is 1. The summed E-state index contributed by atoms with van der Waals surface area (Å²) in [5.41, 5.74) is 5.19. The van der Waals surface area contributed by atoms with Gasteiger partial charge in [0.25, 0.3) is 17.4 Å². The largest absolute Gasteiger partial charge is 0.477 e. The molecule has 5 rings (SSSR count). The molecule has 2 aromatic heterocycles. The summed E-state index contributed by atoms with van der Waals surface area (Å²) in [6, 6.07) is 7.39. The van der Waals surface area contributed by atoms with Crippen LogP contribution in [-0.2, 0) is 14.4 Å². The number of rotatable bonds is 8. The number of amides is 3. The van der Waals surface area contributed by atoms with Gasteiger partial charge in [-0.3, -0.25) is 28.9 Å². The highest BCUT2D eigenvalue weighted by atomic mass is 32.2. The molecule has 1 aromatic carbocycles. The molecular weight excluding hydrogens is 586 g/mol. The van der Waals surface area contributed by atoms with Crippen molar-refractivity contribution in [3.63, 3.8) is 0 Å². The second-order valence-corrected chi connectivity index (χ2v) is 10.7. The molecule has 14 nitrogen and oxygen atoms in total. The van der Waals surface area contributed by atoms with E-state index in [1.54, 1.807) is 18.2 Å². The van der Waals surface area contributed by atoms with Gasteiger partial charge >= 0.3 is 5.97 Å². The predicted octanol–water partition coefficient (Wildman–Crippen LogP) is -0.332. The Labute approximate surface area is 245 Å². The Kier molecular flexibility index (Phi) is 7.73. The molecule has 2 aliphatic rings. The number of anilines is 1. The number of H-pyrrole nitrogens is 2. The molecule has 1 saturated heterocycles. The van der Waals surface area contributed by atoms with Gasteiger partial charge in [0.15, 0.2) is 5.43 Å². The van der Waals surface area contributed by atoms with Crippen molar-refractivity contribution in [3.8, 4) is 0 Å². The van der Waals surface area contributed by atoms with Crippen LogP contribution in [0.15, 0.2) is 75.7 Å². The van der Waals surface area contributed by atoms with Crippen LogP contribution in [0, 0.1) is 0 Å². The highest BCUT2D eigenvalue weighted by molar-refractivity contribution is 8.00. The van der Waals surface area contributed by atoms with E-state index in [9.17, 15) is 33.9 Å². The molecule has 0 radical (unpaired) electrons. The lowest BCUT2D eigenvalue weighted by Gasteiger charge is -2.49. The van der Waals surface area contributed by atoms with E-state index in [-0.39, 0.29) is 33.1 Å². The summed E-state index contributed by atoms with van der Waals surface area (Å²) in [7, 11) is 0. The van der Waals surface area contributed by atoms with Crippen molar-refractivity contribution in [3.05, 3.63) is 104 Å². The van der Waals surface area contributed by atoms with E-state index in [1.807, 2.05) is 0 Å². The Hall–Kier alpha value is -5.09. The van der Waals surface area contributed by atoms with E-state index < -0.39 is 52.1 Å². The highest BCUT2D eigenvalue weighted by Gasteiger charge is 2.55. The third kappa shape index (κ3) is 5.31. The first-order chi connectivity index (χ1) is 20.1.